The highest BCUT2D eigenvalue weighted by molar-refractivity contribution is 6.14. The number of carbonyl (C=O) groups excluding carboxylic acids is 2. The predicted octanol–water partition coefficient (Wildman–Crippen LogP) is 5.20. The Balaban J connectivity index is 1.58. The number of ketones is 1. The summed E-state index contributed by atoms with van der Waals surface area (Å²) < 4.78 is 5.91. The third-order valence-corrected chi connectivity index (χ3v) is 6.24. The molecule has 1 aliphatic rings. The Hall–Kier alpha value is -4.16. The number of ether oxygens (including phenoxy) is 1. The van der Waals surface area contributed by atoms with E-state index in [0.29, 0.717) is 25.3 Å². The zero-order valence-electron chi connectivity index (χ0n) is 21.2. The van der Waals surface area contributed by atoms with Crippen molar-refractivity contribution in [3.8, 4) is 5.75 Å². The van der Waals surface area contributed by atoms with Gasteiger partial charge < -0.3 is 19.6 Å². The first-order chi connectivity index (χ1) is 17.9. The molecule has 1 aliphatic heterocycles. The molecule has 6 heteroatoms. The average molecular weight is 497 g/mol. The van der Waals surface area contributed by atoms with Crippen LogP contribution in [0.3, 0.4) is 0 Å². The molecule has 1 N–H and O–H groups in total. The van der Waals surface area contributed by atoms with Crippen LogP contribution >= 0.6 is 0 Å². The van der Waals surface area contributed by atoms with Gasteiger partial charge in [-0.2, -0.15) is 0 Å². The summed E-state index contributed by atoms with van der Waals surface area (Å²) in [5, 5.41) is 10.8. The Labute approximate surface area is 218 Å². The van der Waals surface area contributed by atoms with E-state index in [4.69, 9.17) is 4.74 Å². The smallest absolute Gasteiger partial charge is 0.290 e. The maximum Gasteiger partial charge on any atom is 0.290 e. The highest BCUT2D eigenvalue weighted by Crippen LogP contribution is 2.38. The van der Waals surface area contributed by atoms with Crippen LogP contribution in [0, 0.1) is 0 Å². The van der Waals surface area contributed by atoms with Gasteiger partial charge in [-0.3, -0.25) is 9.59 Å². The molecule has 1 heterocycles. The summed E-state index contributed by atoms with van der Waals surface area (Å²) in [6.45, 7) is 1.63. The second-order valence-corrected chi connectivity index (χ2v) is 9.27. The molecule has 4 rings (SSSR count). The van der Waals surface area contributed by atoms with Crippen molar-refractivity contribution in [2.45, 2.75) is 19.1 Å². The van der Waals surface area contributed by atoms with Crippen molar-refractivity contribution in [2.24, 2.45) is 0 Å². The molecular weight excluding hydrogens is 464 g/mol. The van der Waals surface area contributed by atoms with Crippen molar-refractivity contribution in [3.63, 3.8) is 0 Å². The molecule has 190 valence electrons. The molecule has 0 aliphatic carbocycles. The van der Waals surface area contributed by atoms with Gasteiger partial charge in [0, 0.05) is 6.54 Å². The molecule has 3 aromatic rings. The van der Waals surface area contributed by atoms with Crippen molar-refractivity contribution in [3.05, 3.63) is 119 Å². The van der Waals surface area contributed by atoms with E-state index in [2.05, 4.69) is 0 Å². The number of aliphatic hydroxyl groups excluding tert-OH is 1. The lowest BCUT2D eigenvalue weighted by Gasteiger charge is -2.27. The summed E-state index contributed by atoms with van der Waals surface area (Å²) >= 11 is 0. The molecule has 1 unspecified atom stereocenters. The summed E-state index contributed by atoms with van der Waals surface area (Å²) in [6, 6.07) is 26.0. The van der Waals surface area contributed by atoms with Crippen LogP contribution in [0.15, 0.2) is 102 Å². The molecule has 0 saturated heterocycles. The van der Waals surface area contributed by atoms with E-state index in [0.717, 1.165) is 23.2 Å². The molecule has 0 bridgehead atoms. The number of hydrogen-bond acceptors (Lipinski definition) is 5. The maximum atomic E-state index is 13.3. The highest BCUT2D eigenvalue weighted by atomic mass is 16.5. The Kier molecular flexibility index (Phi) is 8.54. The van der Waals surface area contributed by atoms with Crippen molar-refractivity contribution in [1.82, 2.24) is 9.80 Å². The largest absolute Gasteiger partial charge is 0.503 e. The van der Waals surface area contributed by atoms with Gasteiger partial charge in [0.05, 0.1) is 11.6 Å². The van der Waals surface area contributed by atoms with Crippen LogP contribution in [0.1, 0.15) is 29.2 Å². The molecule has 1 amide bonds. The molecule has 0 radical (unpaired) electrons. The number of allylic oxidation sites excluding steroid dienone is 1. The lowest BCUT2D eigenvalue weighted by molar-refractivity contribution is -0.129. The minimum absolute atomic E-state index is 0.0972. The van der Waals surface area contributed by atoms with Gasteiger partial charge in [0.15, 0.2) is 11.5 Å². The Morgan fingerprint density at radius 1 is 0.973 bits per heavy atom. The zero-order chi connectivity index (χ0) is 26.2. The van der Waals surface area contributed by atoms with Crippen molar-refractivity contribution in [2.75, 3.05) is 27.2 Å². The van der Waals surface area contributed by atoms with Crippen LogP contribution in [-0.2, 0) is 16.2 Å². The summed E-state index contributed by atoms with van der Waals surface area (Å²) in [7, 11) is 3.94. The van der Waals surface area contributed by atoms with Gasteiger partial charge in [0.2, 0.25) is 0 Å². The normalized spacial score (nSPS) is 15.7. The summed E-state index contributed by atoms with van der Waals surface area (Å²) in [6.07, 6.45) is 3.82. The lowest BCUT2D eigenvalue weighted by atomic mass is 9.95. The fraction of sp³-hybridized carbons (Fsp3) is 0.226. The molecule has 1 atom stereocenters. The monoisotopic (exact) mass is 496 g/mol. The van der Waals surface area contributed by atoms with Crippen LogP contribution in [0.5, 0.6) is 5.75 Å². The van der Waals surface area contributed by atoms with Gasteiger partial charge in [0.1, 0.15) is 12.4 Å². The number of rotatable bonds is 11. The van der Waals surface area contributed by atoms with Gasteiger partial charge >= 0.3 is 0 Å². The number of nitrogens with zero attached hydrogens (tertiary/aromatic N) is 2. The number of amides is 1. The predicted molar refractivity (Wildman–Crippen MR) is 145 cm³/mol. The van der Waals surface area contributed by atoms with Crippen LogP contribution in [-0.4, -0.2) is 53.8 Å². The summed E-state index contributed by atoms with van der Waals surface area (Å²) in [4.78, 5) is 30.0. The summed E-state index contributed by atoms with van der Waals surface area (Å²) in [5.41, 5.74) is 2.76. The molecule has 3 aromatic carbocycles. The van der Waals surface area contributed by atoms with Gasteiger partial charge in [0.25, 0.3) is 5.91 Å². The highest BCUT2D eigenvalue weighted by Gasteiger charge is 2.42. The number of benzene rings is 3. The van der Waals surface area contributed by atoms with E-state index in [1.165, 1.54) is 6.08 Å². The molecule has 0 fully saturated rings. The first kappa shape index (κ1) is 25.9. The Morgan fingerprint density at radius 2 is 1.62 bits per heavy atom. The molecular formula is C31H32N2O4. The topological polar surface area (TPSA) is 70.1 Å². The van der Waals surface area contributed by atoms with E-state index >= 15 is 0 Å². The zero-order valence-corrected chi connectivity index (χ0v) is 21.2. The van der Waals surface area contributed by atoms with Crippen molar-refractivity contribution < 1.29 is 19.4 Å². The molecule has 37 heavy (non-hydrogen) atoms. The van der Waals surface area contributed by atoms with E-state index in [1.807, 2.05) is 104 Å². The summed E-state index contributed by atoms with van der Waals surface area (Å²) in [5.74, 6) is -0.716. The quantitative estimate of drug-likeness (QED) is 0.370. The number of aliphatic hydroxyl groups is 1. The van der Waals surface area contributed by atoms with Crippen molar-refractivity contribution in [1.29, 1.82) is 0 Å². The second kappa shape index (κ2) is 12.2. The molecule has 6 nitrogen and oxygen atoms in total. The van der Waals surface area contributed by atoms with Crippen LogP contribution < -0.4 is 4.74 Å². The van der Waals surface area contributed by atoms with Gasteiger partial charge in [-0.05, 0) is 62.0 Å². The van der Waals surface area contributed by atoms with Crippen LogP contribution in [0.2, 0.25) is 0 Å². The Morgan fingerprint density at radius 3 is 2.27 bits per heavy atom. The first-order valence-electron chi connectivity index (χ1n) is 12.4. The fourth-order valence-electron chi connectivity index (χ4n) is 4.35. The van der Waals surface area contributed by atoms with Gasteiger partial charge in [-0.25, -0.2) is 0 Å². The van der Waals surface area contributed by atoms with Gasteiger partial charge in [-0.1, -0.05) is 78.9 Å². The average Bonchev–Trinajstić information content (AvgIpc) is 3.17. The third-order valence-electron chi connectivity index (χ3n) is 6.24. The minimum Gasteiger partial charge on any atom is -0.503 e. The van der Waals surface area contributed by atoms with E-state index < -0.39 is 17.7 Å². The van der Waals surface area contributed by atoms with Crippen LogP contribution in [0.25, 0.3) is 6.08 Å². The lowest BCUT2D eigenvalue weighted by Crippen LogP contribution is -2.33. The number of hydrogen-bond donors (Lipinski definition) is 1. The van der Waals surface area contributed by atoms with Crippen molar-refractivity contribution >= 4 is 17.8 Å². The minimum atomic E-state index is -0.675. The van der Waals surface area contributed by atoms with Gasteiger partial charge in [-0.15, -0.1) is 0 Å². The van der Waals surface area contributed by atoms with E-state index in [1.54, 1.807) is 11.0 Å². The maximum absolute atomic E-state index is 13.3. The molecule has 0 spiro atoms. The Bertz CT molecular complexity index is 1270. The van der Waals surface area contributed by atoms with E-state index in [9.17, 15) is 14.7 Å². The first-order valence-corrected chi connectivity index (χ1v) is 12.4. The molecule has 0 aromatic heterocycles. The molecule has 0 saturated carbocycles. The third kappa shape index (κ3) is 6.54. The SMILES string of the molecule is CN(C)CCCN1C(=O)C(O)=C(C(=O)C=Cc2ccccc2)C1c1ccc(OCc2ccccc2)cc1. The van der Waals surface area contributed by atoms with Crippen LogP contribution in [0.4, 0.5) is 0 Å². The second-order valence-electron chi connectivity index (χ2n) is 9.27. The fourth-order valence-corrected chi connectivity index (χ4v) is 4.35. The number of carbonyl (C=O) groups is 2. The standard InChI is InChI=1S/C31H32N2O4/c1-32(2)20-9-21-33-29(25-15-17-26(18-16-25)37-22-24-12-7-4-8-13-24)28(30(35)31(33)36)27(34)19-14-23-10-5-3-6-11-23/h3-8,10-19,29,35H,9,20-22H2,1-2H3. The van der Waals surface area contributed by atoms with E-state index in [-0.39, 0.29) is 11.4 Å².